The molecule has 0 fully saturated rings. The molecular weight excluding hydrogens is 607 g/mol. The van der Waals surface area contributed by atoms with Gasteiger partial charge >= 0.3 is 0 Å². The molecule has 0 bridgehead atoms. The number of fused-ring (bicyclic) bond motifs is 9. The van der Waals surface area contributed by atoms with Crippen molar-refractivity contribution in [3.05, 3.63) is 174 Å². The monoisotopic (exact) mass is 643 g/mol. The second-order valence-corrected chi connectivity index (χ2v) is 15.0. The number of hydrogen-bond donors (Lipinski definition) is 0. The van der Waals surface area contributed by atoms with Gasteiger partial charge in [-0.1, -0.05) is 137 Å². The Labute approximate surface area is 293 Å². The fourth-order valence-electron chi connectivity index (χ4n) is 8.93. The topological polar surface area (TPSA) is 16.4 Å². The normalized spacial score (nSPS) is 14.7. The molecule has 0 amide bonds. The van der Waals surface area contributed by atoms with Gasteiger partial charge in [-0.15, -0.1) is 0 Å². The maximum absolute atomic E-state index is 6.50. The van der Waals surface area contributed by atoms with Crippen molar-refractivity contribution in [2.75, 3.05) is 4.90 Å². The second kappa shape index (κ2) is 10.3. The van der Waals surface area contributed by atoms with Crippen LogP contribution in [0.25, 0.3) is 55.3 Å². The summed E-state index contributed by atoms with van der Waals surface area (Å²) in [4.78, 5) is 2.44. The highest BCUT2D eigenvalue weighted by Gasteiger charge is 2.37. The molecule has 0 atom stereocenters. The molecule has 0 saturated heterocycles. The zero-order valence-corrected chi connectivity index (χ0v) is 28.8. The highest BCUT2D eigenvalue weighted by atomic mass is 16.3. The Hall–Kier alpha value is -5.86. The fraction of sp³-hybridized carbons (Fsp3) is 0.125. The van der Waals surface area contributed by atoms with E-state index in [0.717, 1.165) is 50.1 Å². The van der Waals surface area contributed by atoms with Gasteiger partial charge in [-0.25, -0.2) is 0 Å². The lowest BCUT2D eigenvalue weighted by Crippen LogP contribution is -2.16. The summed E-state index contributed by atoms with van der Waals surface area (Å²) in [5, 5.41) is 2.28. The standard InChI is InChI=1S/C48H37NO/c1-47(2)41-20-8-5-15-35(41)39-28-32(23-25-43(39)47)49(33-24-26-44-40(29-33)36-16-6-9-21-42(36)48(44,3)4)31-14-11-13-30(27-31)34-18-12-19-38-37-17-7-10-22-45(37)50-46(34)38/h5-29H,1-4H3. The minimum atomic E-state index is -0.0523. The Morgan fingerprint density at radius 1 is 0.400 bits per heavy atom. The van der Waals surface area contributed by atoms with Crippen molar-refractivity contribution in [3.8, 4) is 33.4 Å². The van der Waals surface area contributed by atoms with E-state index >= 15 is 0 Å². The summed E-state index contributed by atoms with van der Waals surface area (Å²) in [7, 11) is 0. The first-order valence-corrected chi connectivity index (χ1v) is 17.6. The highest BCUT2D eigenvalue weighted by Crippen LogP contribution is 2.53. The number of para-hydroxylation sites is 2. The van der Waals surface area contributed by atoms with Gasteiger partial charge in [0, 0.05) is 44.2 Å². The maximum atomic E-state index is 6.50. The van der Waals surface area contributed by atoms with Crippen molar-refractivity contribution in [1.29, 1.82) is 0 Å². The van der Waals surface area contributed by atoms with Crippen LogP contribution in [-0.4, -0.2) is 0 Å². The van der Waals surface area contributed by atoms with Gasteiger partial charge < -0.3 is 9.32 Å². The number of hydrogen-bond acceptors (Lipinski definition) is 2. The molecule has 0 saturated carbocycles. The highest BCUT2D eigenvalue weighted by molar-refractivity contribution is 6.09. The van der Waals surface area contributed by atoms with E-state index in [1.807, 2.05) is 6.07 Å². The van der Waals surface area contributed by atoms with Gasteiger partial charge in [-0.3, -0.25) is 0 Å². The lowest BCUT2D eigenvalue weighted by molar-refractivity contribution is 0.660. The third kappa shape index (κ3) is 4.02. The van der Waals surface area contributed by atoms with Crippen molar-refractivity contribution in [1.82, 2.24) is 0 Å². The predicted molar refractivity (Wildman–Crippen MR) is 209 cm³/mol. The molecule has 0 unspecified atom stereocenters. The summed E-state index contributed by atoms with van der Waals surface area (Å²) in [6.07, 6.45) is 0. The third-order valence-corrected chi connectivity index (χ3v) is 11.5. The smallest absolute Gasteiger partial charge is 0.143 e. The van der Waals surface area contributed by atoms with E-state index in [0.29, 0.717) is 0 Å². The predicted octanol–water partition coefficient (Wildman–Crippen LogP) is 13.3. The first-order chi connectivity index (χ1) is 24.3. The summed E-state index contributed by atoms with van der Waals surface area (Å²) >= 11 is 0. The van der Waals surface area contributed by atoms with Crippen LogP contribution in [0.1, 0.15) is 49.9 Å². The van der Waals surface area contributed by atoms with E-state index in [9.17, 15) is 0 Å². The molecule has 2 aliphatic rings. The van der Waals surface area contributed by atoms with Crippen LogP contribution in [-0.2, 0) is 10.8 Å². The summed E-state index contributed by atoms with van der Waals surface area (Å²) in [5.41, 5.74) is 18.1. The molecule has 10 rings (SSSR count). The van der Waals surface area contributed by atoms with Gasteiger partial charge in [-0.05, 0) is 92.5 Å². The molecule has 50 heavy (non-hydrogen) atoms. The molecule has 2 nitrogen and oxygen atoms in total. The minimum Gasteiger partial charge on any atom is -0.455 e. The van der Waals surface area contributed by atoms with Crippen molar-refractivity contribution < 1.29 is 4.42 Å². The van der Waals surface area contributed by atoms with Crippen molar-refractivity contribution in [2.45, 2.75) is 38.5 Å². The molecule has 240 valence electrons. The Balaban J connectivity index is 1.19. The number of benzene rings is 7. The largest absolute Gasteiger partial charge is 0.455 e. The Morgan fingerprint density at radius 2 is 0.900 bits per heavy atom. The Kier molecular flexibility index (Phi) is 6.01. The lowest BCUT2D eigenvalue weighted by atomic mass is 9.82. The molecule has 0 aliphatic heterocycles. The van der Waals surface area contributed by atoms with Gasteiger partial charge in [0.1, 0.15) is 11.2 Å². The van der Waals surface area contributed by atoms with Crippen molar-refractivity contribution >= 4 is 39.0 Å². The van der Waals surface area contributed by atoms with E-state index in [1.165, 1.54) is 44.5 Å². The lowest BCUT2D eigenvalue weighted by Gasteiger charge is -2.28. The van der Waals surface area contributed by atoms with Gasteiger partial charge in [0.2, 0.25) is 0 Å². The number of nitrogens with zero attached hydrogens (tertiary/aromatic N) is 1. The molecule has 0 radical (unpaired) electrons. The van der Waals surface area contributed by atoms with E-state index in [1.54, 1.807) is 0 Å². The number of furan rings is 1. The quantitative estimate of drug-likeness (QED) is 0.190. The molecular formula is C48H37NO. The first kappa shape index (κ1) is 29.1. The van der Waals surface area contributed by atoms with Crippen LogP contribution in [0, 0.1) is 0 Å². The van der Waals surface area contributed by atoms with Crippen LogP contribution in [0.4, 0.5) is 17.1 Å². The maximum Gasteiger partial charge on any atom is 0.143 e. The molecule has 8 aromatic rings. The van der Waals surface area contributed by atoms with Crippen LogP contribution in [0.15, 0.2) is 156 Å². The van der Waals surface area contributed by atoms with Crippen LogP contribution in [0.5, 0.6) is 0 Å². The zero-order valence-electron chi connectivity index (χ0n) is 28.8. The average molecular weight is 644 g/mol. The molecule has 0 N–H and O–H groups in total. The molecule has 2 aliphatic carbocycles. The zero-order chi connectivity index (χ0) is 33.8. The van der Waals surface area contributed by atoms with E-state index in [2.05, 4.69) is 178 Å². The third-order valence-electron chi connectivity index (χ3n) is 11.5. The van der Waals surface area contributed by atoms with E-state index in [-0.39, 0.29) is 10.8 Å². The summed E-state index contributed by atoms with van der Waals surface area (Å²) < 4.78 is 6.50. The van der Waals surface area contributed by atoms with E-state index < -0.39 is 0 Å². The molecule has 1 aromatic heterocycles. The average Bonchev–Trinajstić information content (AvgIpc) is 3.72. The first-order valence-electron chi connectivity index (χ1n) is 17.6. The minimum absolute atomic E-state index is 0.0523. The van der Waals surface area contributed by atoms with E-state index in [4.69, 9.17) is 4.42 Å². The molecule has 2 heteroatoms. The van der Waals surface area contributed by atoms with Crippen molar-refractivity contribution in [3.63, 3.8) is 0 Å². The fourth-order valence-corrected chi connectivity index (χ4v) is 8.93. The Bertz CT molecular complexity index is 2560. The SMILES string of the molecule is CC1(C)c2ccccc2-c2cc(N(c3cccc(-c4cccc5c4oc4ccccc45)c3)c3ccc4c(c3)-c3ccccc3C4(C)C)ccc21. The van der Waals surface area contributed by atoms with Gasteiger partial charge in [0.05, 0.1) is 0 Å². The number of anilines is 3. The van der Waals surface area contributed by atoms with Crippen molar-refractivity contribution in [2.24, 2.45) is 0 Å². The summed E-state index contributed by atoms with van der Waals surface area (Å²) in [6.45, 7) is 9.38. The van der Waals surface area contributed by atoms with Gasteiger partial charge in [0.15, 0.2) is 0 Å². The molecule has 1 heterocycles. The van der Waals surface area contributed by atoms with Gasteiger partial charge in [-0.2, -0.15) is 0 Å². The molecule has 7 aromatic carbocycles. The summed E-state index contributed by atoms with van der Waals surface area (Å²) in [5.74, 6) is 0. The van der Waals surface area contributed by atoms with Crippen LogP contribution in [0.2, 0.25) is 0 Å². The summed E-state index contributed by atoms with van der Waals surface area (Å²) in [6, 6.07) is 55.6. The molecule has 0 spiro atoms. The second-order valence-electron chi connectivity index (χ2n) is 15.0. The Morgan fingerprint density at radius 3 is 1.56 bits per heavy atom. The van der Waals surface area contributed by atoms with Crippen LogP contribution < -0.4 is 4.90 Å². The van der Waals surface area contributed by atoms with Gasteiger partial charge in [0.25, 0.3) is 0 Å². The number of rotatable bonds is 4. The van der Waals surface area contributed by atoms with Crippen LogP contribution >= 0.6 is 0 Å². The van der Waals surface area contributed by atoms with Crippen LogP contribution in [0.3, 0.4) is 0 Å².